The molecule has 1 aliphatic heterocycles. The monoisotopic (exact) mass is 211 g/mol. The summed E-state index contributed by atoms with van der Waals surface area (Å²) in [6, 6.07) is 0.395. The first kappa shape index (κ1) is 10.6. The van der Waals surface area contributed by atoms with Crippen molar-refractivity contribution in [3.8, 4) is 0 Å². The molecule has 1 saturated carbocycles. The molecule has 84 valence electrons. The molecule has 1 heterocycles. The molecule has 1 saturated heterocycles. The molecule has 2 fully saturated rings. The highest BCUT2D eigenvalue weighted by molar-refractivity contribution is 5.81. The molecule has 0 aromatic rings. The van der Waals surface area contributed by atoms with E-state index in [-0.39, 0.29) is 17.8 Å². The lowest BCUT2D eigenvalue weighted by atomic mass is 9.79. The number of Topliss-reactive ketones (excluding diaryl/α,β-unsaturated/α-hetero) is 1. The van der Waals surface area contributed by atoms with Gasteiger partial charge in [-0.1, -0.05) is 0 Å². The first-order valence-electron chi connectivity index (χ1n) is 5.43. The summed E-state index contributed by atoms with van der Waals surface area (Å²) in [4.78, 5) is 25.2. The Morgan fingerprint density at radius 1 is 1.53 bits per heavy atom. The van der Waals surface area contributed by atoms with E-state index in [1.807, 2.05) is 7.05 Å². The lowest BCUT2D eigenvalue weighted by Gasteiger charge is -2.29. The van der Waals surface area contributed by atoms with Crippen LogP contribution in [0.4, 0.5) is 0 Å². The van der Waals surface area contributed by atoms with E-state index in [0.29, 0.717) is 24.7 Å². The number of esters is 1. The maximum Gasteiger partial charge on any atom is 0.310 e. The summed E-state index contributed by atoms with van der Waals surface area (Å²) < 4.78 is 4.79. The van der Waals surface area contributed by atoms with E-state index in [2.05, 4.69) is 4.90 Å². The molecule has 3 unspecified atom stereocenters. The molecule has 4 nitrogen and oxygen atoms in total. The van der Waals surface area contributed by atoms with Gasteiger partial charge in [-0.2, -0.15) is 0 Å². The van der Waals surface area contributed by atoms with Crippen molar-refractivity contribution in [2.75, 3.05) is 20.7 Å². The van der Waals surface area contributed by atoms with Crippen LogP contribution < -0.4 is 0 Å². The van der Waals surface area contributed by atoms with Gasteiger partial charge in [-0.25, -0.2) is 0 Å². The number of likely N-dealkylation sites (tertiary alicyclic amines) is 1. The Morgan fingerprint density at radius 3 is 2.93 bits per heavy atom. The fourth-order valence-electron chi connectivity index (χ4n) is 2.96. The minimum atomic E-state index is -0.163. The number of nitrogens with zero attached hydrogens (tertiary/aromatic N) is 1. The smallest absolute Gasteiger partial charge is 0.310 e. The average molecular weight is 211 g/mol. The zero-order chi connectivity index (χ0) is 11.0. The number of ketones is 1. The summed E-state index contributed by atoms with van der Waals surface area (Å²) in [5.41, 5.74) is 0. The Bertz CT molecular complexity index is 290. The molecule has 4 heteroatoms. The van der Waals surface area contributed by atoms with Crippen LogP contribution in [-0.4, -0.2) is 43.4 Å². The van der Waals surface area contributed by atoms with E-state index < -0.39 is 0 Å². The highest BCUT2D eigenvalue weighted by Crippen LogP contribution is 2.38. The number of carbonyl (C=O) groups excluding carboxylic acids is 2. The maximum atomic E-state index is 11.6. The molecular formula is C11H17NO3. The van der Waals surface area contributed by atoms with Crippen molar-refractivity contribution in [3.05, 3.63) is 0 Å². The SMILES string of the molecule is COC(=O)C1CN(C)C2CCC(=O)CC12. The molecule has 2 rings (SSSR count). The van der Waals surface area contributed by atoms with Crippen molar-refractivity contribution < 1.29 is 14.3 Å². The van der Waals surface area contributed by atoms with Gasteiger partial charge in [0, 0.05) is 25.4 Å². The Kier molecular flexibility index (Phi) is 2.78. The van der Waals surface area contributed by atoms with Gasteiger partial charge in [0.2, 0.25) is 0 Å². The number of rotatable bonds is 1. The van der Waals surface area contributed by atoms with Crippen molar-refractivity contribution in [1.82, 2.24) is 4.90 Å². The molecule has 0 spiro atoms. The highest BCUT2D eigenvalue weighted by Gasteiger charge is 2.46. The Balaban J connectivity index is 2.14. The summed E-state index contributed by atoms with van der Waals surface area (Å²) in [7, 11) is 3.44. The van der Waals surface area contributed by atoms with Crippen LogP contribution in [0.2, 0.25) is 0 Å². The summed E-state index contributed by atoms with van der Waals surface area (Å²) >= 11 is 0. The number of hydrogen-bond acceptors (Lipinski definition) is 4. The van der Waals surface area contributed by atoms with Crippen LogP contribution in [0, 0.1) is 11.8 Å². The largest absolute Gasteiger partial charge is 0.469 e. The van der Waals surface area contributed by atoms with Gasteiger partial charge in [-0.3, -0.25) is 9.59 Å². The van der Waals surface area contributed by atoms with E-state index in [1.54, 1.807) is 0 Å². The normalized spacial score (nSPS) is 36.4. The second kappa shape index (κ2) is 3.93. The van der Waals surface area contributed by atoms with Gasteiger partial charge < -0.3 is 9.64 Å². The summed E-state index contributed by atoms with van der Waals surface area (Å²) in [5.74, 6) is 0.211. The van der Waals surface area contributed by atoms with Crippen LogP contribution in [0.15, 0.2) is 0 Å². The maximum absolute atomic E-state index is 11.6. The predicted molar refractivity (Wildman–Crippen MR) is 54.3 cm³/mol. The second-order valence-electron chi connectivity index (χ2n) is 4.58. The van der Waals surface area contributed by atoms with Crippen LogP contribution in [-0.2, 0) is 14.3 Å². The third-order valence-corrected chi connectivity index (χ3v) is 3.75. The van der Waals surface area contributed by atoms with E-state index >= 15 is 0 Å². The number of ether oxygens (including phenoxy) is 1. The van der Waals surface area contributed by atoms with E-state index in [4.69, 9.17) is 4.74 Å². The van der Waals surface area contributed by atoms with Gasteiger partial charge in [0.25, 0.3) is 0 Å². The lowest BCUT2D eigenvalue weighted by molar-refractivity contribution is -0.146. The highest BCUT2D eigenvalue weighted by atomic mass is 16.5. The van der Waals surface area contributed by atoms with Crippen molar-refractivity contribution in [2.45, 2.75) is 25.3 Å². The molecule has 1 aliphatic carbocycles. The van der Waals surface area contributed by atoms with E-state index in [9.17, 15) is 9.59 Å². The van der Waals surface area contributed by atoms with Gasteiger partial charge in [0.05, 0.1) is 13.0 Å². The summed E-state index contributed by atoms with van der Waals surface area (Å²) in [6.07, 6.45) is 2.11. The van der Waals surface area contributed by atoms with Crippen LogP contribution in [0.1, 0.15) is 19.3 Å². The Morgan fingerprint density at radius 2 is 2.27 bits per heavy atom. The zero-order valence-corrected chi connectivity index (χ0v) is 9.23. The standard InChI is InChI=1S/C11H17NO3/c1-12-6-9(11(14)15-2)8-5-7(13)3-4-10(8)12/h8-10H,3-6H2,1-2H3. The lowest BCUT2D eigenvalue weighted by Crippen LogP contribution is -2.36. The van der Waals surface area contributed by atoms with Crippen molar-refractivity contribution in [3.63, 3.8) is 0 Å². The van der Waals surface area contributed by atoms with Crippen molar-refractivity contribution >= 4 is 11.8 Å². The molecule has 0 radical (unpaired) electrons. The first-order chi connectivity index (χ1) is 7.13. The molecule has 0 bridgehead atoms. The molecule has 0 aromatic carbocycles. The fraction of sp³-hybridized carbons (Fsp3) is 0.818. The van der Waals surface area contributed by atoms with Crippen LogP contribution in [0.5, 0.6) is 0 Å². The van der Waals surface area contributed by atoms with Crippen molar-refractivity contribution in [2.24, 2.45) is 11.8 Å². The second-order valence-corrected chi connectivity index (χ2v) is 4.58. The predicted octanol–water partition coefficient (Wildman–Crippen LogP) is 0.459. The molecule has 0 N–H and O–H groups in total. The van der Waals surface area contributed by atoms with Gasteiger partial charge in [-0.05, 0) is 19.4 Å². The topological polar surface area (TPSA) is 46.6 Å². The summed E-state index contributed by atoms with van der Waals surface area (Å²) in [6.45, 7) is 0.731. The molecule has 0 amide bonds. The Hall–Kier alpha value is -0.900. The molecular weight excluding hydrogens is 194 g/mol. The third-order valence-electron chi connectivity index (χ3n) is 3.75. The number of hydrogen-bond donors (Lipinski definition) is 0. The van der Waals surface area contributed by atoms with Crippen molar-refractivity contribution in [1.29, 1.82) is 0 Å². The molecule has 15 heavy (non-hydrogen) atoms. The van der Waals surface area contributed by atoms with Gasteiger partial charge in [0.15, 0.2) is 0 Å². The van der Waals surface area contributed by atoms with Crippen LogP contribution >= 0.6 is 0 Å². The van der Waals surface area contributed by atoms with Gasteiger partial charge >= 0.3 is 5.97 Å². The van der Waals surface area contributed by atoms with Gasteiger partial charge in [0.1, 0.15) is 5.78 Å². The van der Waals surface area contributed by atoms with Gasteiger partial charge in [-0.15, -0.1) is 0 Å². The Labute approximate surface area is 89.6 Å². The van der Waals surface area contributed by atoms with E-state index in [1.165, 1.54) is 7.11 Å². The number of carbonyl (C=O) groups is 2. The average Bonchev–Trinajstić information content (AvgIpc) is 2.54. The fourth-order valence-corrected chi connectivity index (χ4v) is 2.96. The quantitative estimate of drug-likeness (QED) is 0.591. The molecule has 2 aliphatic rings. The third kappa shape index (κ3) is 1.78. The minimum absolute atomic E-state index is 0.103. The van der Waals surface area contributed by atoms with E-state index in [0.717, 1.165) is 13.0 Å². The van der Waals surface area contributed by atoms with Crippen LogP contribution in [0.25, 0.3) is 0 Å². The zero-order valence-electron chi connectivity index (χ0n) is 9.23. The first-order valence-corrected chi connectivity index (χ1v) is 5.43. The molecule has 0 aromatic heterocycles. The summed E-state index contributed by atoms with van der Waals surface area (Å²) in [5, 5.41) is 0. The molecule has 3 atom stereocenters. The minimum Gasteiger partial charge on any atom is -0.469 e. The number of methoxy groups -OCH3 is 1. The van der Waals surface area contributed by atoms with Crippen LogP contribution in [0.3, 0.4) is 0 Å². The number of fused-ring (bicyclic) bond motifs is 1.